The van der Waals surface area contributed by atoms with E-state index in [9.17, 15) is 10.1 Å². The summed E-state index contributed by atoms with van der Waals surface area (Å²) in [6.45, 7) is 5.37. The average molecular weight is 353 g/mol. The van der Waals surface area contributed by atoms with Crippen LogP contribution in [0.5, 0.6) is 0 Å². The molecule has 1 unspecified atom stereocenters. The summed E-state index contributed by atoms with van der Waals surface area (Å²) in [4.78, 5) is 10.7. The third-order valence-electron chi connectivity index (χ3n) is 3.24. The van der Waals surface area contributed by atoms with Crippen molar-refractivity contribution in [3.05, 3.63) is 56.3 Å². The topological polar surface area (TPSA) is 73.0 Å². The Balaban J connectivity index is 2.21. The van der Waals surface area contributed by atoms with E-state index >= 15 is 0 Å². The summed E-state index contributed by atoms with van der Waals surface area (Å²) in [6, 6.07) is 5.27. The average Bonchev–Trinajstić information content (AvgIpc) is 2.89. The van der Waals surface area contributed by atoms with Crippen molar-refractivity contribution in [2.24, 2.45) is 0 Å². The van der Waals surface area contributed by atoms with E-state index in [0.717, 1.165) is 12.1 Å². The number of halogens is 1. The van der Waals surface area contributed by atoms with E-state index in [-0.39, 0.29) is 16.7 Å². The van der Waals surface area contributed by atoms with Crippen LogP contribution < -0.4 is 5.32 Å². The van der Waals surface area contributed by atoms with Crippen LogP contribution in [0.3, 0.4) is 0 Å². The number of rotatable bonds is 6. The summed E-state index contributed by atoms with van der Waals surface area (Å²) >= 11 is 3.26. The lowest BCUT2D eigenvalue weighted by Crippen LogP contribution is -2.17. The Kier molecular flexibility index (Phi) is 5.08. The zero-order valence-corrected chi connectivity index (χ0v) is 13.5. The Morgan fingerprint density at radius 2 is 2.29 bits per heavy atom. The van der Waals surface area contributed by atoms with Gasteiger partial charge in [0, 0.05) is 28.3 Å². The smallest absolute Gasteiger partial charge is 0.275 e. The highest BCUT2D eigenvalue weighted by molar-refractivity contribution is 9.10. The van der Waals surface area contributed by atoms with Crippen molar-refractivity contribution in [2.45, 2.75) is 26.4 Å². The predicted molar refractivity (Wildman–Crippen MR) is 84.2 cm³/mol. The fraction of sp³-hybridized carbons (Fsp3) is 0.357. The van der Waals surface area contributed by atoms with Gasteiger partial charge in [0.1, 0.15) is 0 Å². The minimum atomic E-state index is -0.369. The van der Waals surface area contributed by atoms with Crippen LogP contribution in [0, 0.1) is 10.1 Å². The molecule has 0 radical (unpaired) electrons. The summed E-state index contributed by atoms with van der Waals surface area (Å²) in [7, 11) is 0. The lowest BCUT2D eigenvalue weighted by Gasteiger charge is -2.09. The first-order chi connectivity index (χ1) is 10.0. The number of hydrogen-bond donors (Lipinski definition) is 1. The molecule has 2 aromatic rings. The molecule has 1 aromatic carbocycles. The lowest BCUT2D eigenvalue weighted by molar-refractivity contribution is -0.385. The molecule has 1 N–H and O–H groups in total. The van der Waals surface area contributed by atoms with Crippen LogP contribution in [0.1, 0.15) is 31.0 Å². The molecule has 0 aliphatic carbocycles. The van der Waals surface area contributed by atoms with E-state index in [0.29, 0.717) is 16.6 Å². The molecule has 1 heterocycles. The maximum atomic E-state index is 11.1. The van der Waals surface area contributed by atoms with E-state index in [1.54, 1.807) is 23.0 Å². The molecule has 6 nitrogen and oxygen atoms in total. The molecule has 0 aliphatic heterocycles. The molecule has 1 atom stereocenters. The standard InChI is InChI=1S/C14H17BrN4O2/c1-3-16-10(2)12-7-17-18(9-12)8-11-4-5-13(15)6-14(11)19(20)21/h4-7,9-10,16H,3,8H2,1-2H3. The molecular weight excluding hydrogens is 336 g/mol. The summed E-state index contributed by atoms with van der Waals surface area (Å²) in [5, 5.41) is 18.7. The number of nitro groups is 1. The fourth-order valence-corrected chi connectivity index (χ4v) is 2.48. The van der Waals surface area contributed by atoms with Crippen molar-refractivity contribution in [1.29, 1.82) is 0 Å². The van der Waals surface area contributed by atoms with Gasteiger partial charge in [-0.3, -0.25) is 14.8 Å². The number of aromatic nitrogens is 2. The molecule has 0 spiro atoms. The molecular formula is C14H17BrN4O2. The molecule has 2 rings (SSSR count). The highest BCUT2D eigenvalue weighted by Gasteiger charge is 2.15. The van der Waals surface area contributed by atoms with E-state index < -0.39 is 0 Å². The number of nitro benzene ring substituents is 1. The van der Waals surface area contributed by atoms with Crippen LogP contribution in [0.25, 0.3) is 0 Å². The van der Waals surface area contributed by atoms with Gasteiger partial charge in [-0.2, -0.15) is 5.10 Å². The van der Waals surface area contributed by atoms with E-state index in [2.05, 4.69) is 33.3 Å². The van der Waals surface area contributed by atoms with Crippen LogP contribution in [0.4, 0.5) is 5.69 Å². The van der Waals surface area contributed by atoms with Crippen LogP contribution in [-0.4, -0.2) is 21.2 Å². The number of nitrogens with zero attached hydrogens (tertiary/aromatic N) is 3. The number of benzene rings is 1. The minimum absolute atomic E-state index is 0.0983. The number of nitrogens with one attached hydrogen (secondary N) is 1. The van der Waals surface area contributed by atoms with Gasteiger partial charge in [-0.1, -0.05) is 22.9 Å². The second-order valence-electron chi connectivity index (χ2n) is 4.78. The van der Waals surface area contributed by atoms with Crippen LogP contribution in [0.15, 0.2) is 35.1 Å². The monoisotopic (exact) mass is 352 g/mol. The van der Waals surface area contributed by atoms with Gasteiger partial charge >= 0.3 is 0 Å². The molecule has 0 amide bonds. The first-order valence-corrected chi connectivity index (χ1v) is 7.49. The molecule has 112 valence electrons. The lowest BCUT2D eigenvalue weighted by atomic mass is 10.2. The number of hydrogen-bond acceptors (Lipinski definition) is 4. The SMILES string of the molecule is CCNC(C)c1cnn(Cc2ccc(Br)cc2[N+](=O)[O-])c1. The Morgan fingerprint density at radius 3 is 2.95 bits per heavy atom. The molecule has 21 heavy (non-hydrogen) atoms. The van der Waals surface area contributed by atoms with Gasteiger partial charge in [0.2, 0.25) is 0 Å². The Bertz CT molecular complexity index is 642. The van der Waals surface area contributed by atoms with Crippen molar-refractivity contribution in [2.75, 3.05) is 6.54 Å². The van der Waals surface area contributed by atoms with Crippen molar-refractivity contribution < 1.29 is 4.92 Å². The van der Waals surface area contributed by atoms with Crippen molar-refractivity contribution >= 4 is 21.6 Å². The van der Waals surface area contributed by atoms with Crippen LogP contribution >= 0.6 is 15.9 Å². The van der Waals surface area contributed by atoms with Crippen molar-refractivity contribution in [3.8, 4) is 0 Å². The summed E-state index contributed by atoms with van der Waals surface area (Å²) < 4.78 is 2.42. The zero-order valence-electron chi connectivity index (χ0n) is 11.9. The molecule has 7 heteroatoms. The molecule has 1 aromatic heterocycles. The molecule has 0 fully saturated rings. The highest BCUT2D eigenvalue weighted by Crippen LogP contribution is 2.24. The highest BCUT2D eigenvalue weighted by atomic mass is 79.9. The van der Waals surface area contributed by atoms with Gasteiger partial charge < -0.3 is 5.32 Å². The Morgan fingerprint density at radius 1 is 1.52 bits per heavy atom. The third kappa shape index (κ3) is 3.89. The van der Waals surface area contributed by atoms with Crippen molar-refractivity contribution in [3.63, 3.8) is 0 Å². The molecule has 0 bridgehead atoms. The third-order valence-corrected chi connectivity index (χ3v) is 3.73. The normalized spacial score (nSPS) is 12.3. The summed E-state index contributed by atoms with van der Waals surface area (Å²) in [5.41, 5.74) is 1.80. The maximum absolute atomic E-state index is 11.1. The summed E-state index contributed by atoms with van der Waals surface area (Å²) in [6.07, 6.45) is 3.71. The van der Waals surface area contributed by atoms with Gasteiger partial charge in [0.15, 0.2) is 0 Å². The zero-order chi connectivity index (χ0) is 15.4. The second-order valence-corrected chi connectivity index (χ2v) is 5.70. The van der Waals surface area contributed by atoms with Crippen LogP contribution in [-0.2, 0) is 6.54 Å². The van der Waals surface area contributed by atoms with Gasteiger partial charge in [-0.25, -0.2) is 0 Å². The van der Waals surface area contributed by atoms with Gasteiger partial charge in [0.05, 0.1) is 23.2 Å². The van der Waals surface area contributed by atoms with E-state index in [4.69, 9.17) is 0 Å². The van der Waals surface area contributed by atoms with E-state index in [1.807, 2.05) is 13.1 Å². The molecule has 0 saturated carbocycles. The Labute approximate surface area is 131 Å². The molecule has 0 aliphatic rings. The first kappa shape index (κ1) is 15.7. The fourth-order valence-electron chi connectivity index (χ4n) is 2.13. The van der Waals surface area contributed by atoms with Gasteiger partial charge in [0.25, 0.3) is 5.69 Å². The van der Waals surface area contributed by atoms with Crippen LogP contribution in [0.2, 0.25) is 0 Å². The molecule has 0 saturated heterocycles. The summed E-state index contributed by atoms with van der Waals surface area (Å²) in [5.74, 6) is 0. The van der Waals surface area contributed by atoms with Gasteiger partial charge in [-0.15, -0.1) is 0 Å². The second kappa shape index (κ2) is 6.82. The first-order valence-electron chi connectivity index (χ1n) is 6.69. The largest absolute Gasteiger partial charge is 0.310 e. The maximum Gasteiger partial charge on any atom is 0.275 e. The van der Waals surface area contributed by atoms with Crippen molar-refractivity contribution in [1.82, 2.24) is 15.1 Å². The van der Waals surface area contributed by atoms with E-state index in [1.165, 1.54) is 6.07 Å². The Hall–Kier alpha value is -1.73. The quantitative estimate of drug-likeness (QED) is 0.639. The van der Waals surface area contributed by atoms with Gasteiger partial charge in [-0.05, 0) is 25.6 Å². The minimum Gasteiger partial charge on any atom is -0.310 e. The predicted octanol–water partition coefficient (Wildman–Crippen LogP) is 3.27.